The van der Waals surface area contributed by atoms with E-state index in [9.17, 15) is 0 Å². The molecule has 0 saturated carbocycles. The van der Waals surface area contributed by atoms with E-state index < -0.39 is 5.41 Å². The van der Waals surface area contributed by atoms with Crippen molar-refractivity contribution in [1.82, 2.24) is 4.57 Å². The van der Waals surface area contributed by atoms with Gasteiger partial charge >= 0.3 is 0 Å². The molecule has 0 bridgehead atoms. The van der Waals surface area contributed by atoms with Gasteiger partial charge in [0.25, 0.3) is 13.4 Å². The Balaban J connectivity index is 0.846. The lowest BCUT2D eigenvalue weighted by Gasteiger charge is -2.43. The Kier molecular flexibility index (Phi) is 12.6. The summed E-state index contributed by atoms with van der Waals surface area (Å²) in [7, 11) is 0. The maximum Gasteiger partial charge on any atom is 0.256 e. The molecule has 492 valence electrons. The number of rotatable bonds is 4. The quantitative estimate of drug-likeness (QED) is 0.164. The van der Waals surface area contributed by atoms with E-state index in [0.29, 0.717) is 0 Å². The Morgan fingerprint density at radius 1 is 0.294 bits per heavy atom. The average molecular weight is 1320 g/mol. The maximum atomic E-state index is 7.89. The first-order valence-electron chi connectivity index (χ1n) is 36.5. The number of hydrogen-bond acceptors (Lipinski definition) is 4. The summed E-state index contributed by atoms with van der Waals surface area (Å²) in [5.74, 6) is 3.27. The first kappa shape index (κ1) is 60.9. The van der Waals surface area contributed by atoms with E-state index in [1.807, 2.05) is 0 Å². The molecule has 0 unspecified atom stereocenters. The number of ether oxygens (including phenoxy) is 2. The Morgan fingerprint density at radius 2 is 0.686 bits per heavy atom. The first-order chi connectivity index (χ1) is 49.1. The molecule has 2 aliphatic carbocycles. The molecule has 0 N–H and O–H groups in total. The van der Waals surface area contributed by atoms with E-state index in [-0.39, 0.29) is 35.1 Å². The Labute approximate surface area is 599 Å². The number of benzene rings is 13. The number of nitrogens with zero attached hydrogens (tertiary/aromatic N) is 3. The van der Waals surface area contributed by atoms with Crippen LogP contribution >= 0.6 is 0 Å². The predicted octanol–water partition coefficient (Wildman–Crippen LogP) is 20.8. The summed E-state index contributed by atoms with van der Waals surface area (Å²) in [6.45, 7) is 27.7. The second-order valence-electron chi connectivity index (χ2n) is 33.6. The van der Waals surface area contributed by atoms with Crippen LogP contribution in [-0.2, 0) is 27.1 Å². The summed E-state index contributed by atoms with van der Waals surface area (Å²) in [4.78, 5) is 5.15. The van der Waals surface area contributed by atoms with Crippen LogP contribution in [0.2, 0.25) is 0 Å². The Morgan fingerprint density at radius 3 is 1.17 bits per heavy atom. The molecular weight excluding hydrogens is 1240 g/mol. The van der Waals surface area contributed by atoms with E-state index in [1.165, 1.54) is 94.0 Å². The second-order valence-corrected chi connectivity index (χ2v) is 33.6. The topological polar surface area (TPSA) is 29.9 Å². The third-order valence-corrected chi connectivity index (χ3v) is 23.4. The average Bonchev–Trinajstić information content (AvgIpc) is 1.38. The molecular formula is C95H79B2N3O2. The van der Waals surface area contributed by atoms with Crippen LogP contribution in [0.1, 0.15) is 128 Å². The highest BCUT2D eigenvalue weighted by Gasteiger charge is 2.54. The van der Waals surface area contributed by atoms with Crippen molar-refractivity contribution in [1.29, 1.82) is 0 Å². The number of aromatic nitrogens is 1. The summed E-state index contributed by atoms with van der Waals surface area (Å²) >= 11 is 0. The van der Waals surface area contributed by atoms with E-state index in [0.717, 1.165) is 101 Å². The molecule has 0 fully saturated rings. The van der Waals surface area contributed by atoms with Crippen LogP contribution in [0.25, 0.3) is 60.9 Å². The van der Waals surface area contributed by atoms with Gasteiger partial charge < -0.3 is 23.8 Å². The van der Waals surface area contributed by atoms with Gasteiger partial charge in [-0.3, -0.25) is 0 Å². The minimum Gasteiger partial charge on any atom is -0.458 e. The van der Waals surface area contributed by atoms with Gasteiger partial charge in [0.15, 0.2) is 0 Å². The molecule has 7 heteroatoms. The van der Waals surface area contributed by atoms with Crippen molar-refractivity contribution >= 4 is 102 Å². The van der Waals surface area contributed by atoms with Crippen molar-refractivity contribution in [3.05, 3.63) is 305 Å². The molecule has 1 aromatic heterocycles. The van der Waals surface area contributed by atoms with Crippen molar-refractivity contribution in [2.75, 3.05) is 9.80 Å². The zero-order valence-electron chi connectivity index (χ0n) is 60.1. The van der Waals surface area contributed by atoms with Crippen molar-refractivity contribution in [3.63, 3.8) is 0 Å². The molecule has 0 radical (unpaired) electrons. The summed E-state index contributed by atoms with van der Waals surface area (Å²) in [5.41, 5.74) is 33.9. The van der Waals surface area contributed by atoms with Gasteiger partial charge in [-0.25, -0.2) is 0 Å². The van der Waals surface area contributed by atoms with Gasteiger partial charge in [0, 0.05) is 57.0 Å². The molecule has 0 saturated heterocycles. The molecule has 0 atom stereocenters. The standard InChI is InChI=1S/C95H79B2N3O2/c1-91(2,3)57-46-58(92(4,5)6)49-61(48-57)99-80-42-25-21-38-74(80)96-76-54-77-85(55-84(76)101-86-45-56(44-82(99)89(86)96)64-33-27-34-70-67-30-15-20-37-73(67)95(88(64)70)71-35-18-13-28-65(71)66-29-14-19-36-72(66)95)102-87-53-63(98-78-40-23-16-31-68(78)69-32-17-24-41-79(69)98)52-83-90(87)97(77)75-39-22-26-43-81(75)100(83)62-50-59(93(7,8)9)47-60(51-62)94(10,11)12/h13-55H,1-12H3. The highest BCUT2D eigenvalue weighted by atomic mass is 16.5. The highest BCUT2D eigenvalue weighted by Crippen LogP contribution is 2.65. The van der Waals surface area contributed by atoms with Gasteiger partial charge in [-0.1, -0.05) is 265 Å². The lowest BCUT2D eigenvalue weighted by Crippen LogP contribution is -2.63. The van der Waals surface area contributed by atoms with Gasteiger partial charge in [-0.2, -0.15) is 0 Å². The zero-order valence-corrected chi connectivity index (χ0v) is 60.1. The summed E-state index contributed by atoms with van der Waals surface area (Å²) < 4.78 is 18.1. The van der Waals surface area contributed by atoms with Gasteiger partial charge in [0.05, 0.1) is 22.1 Å². The minimum absolute atomic E-state index is 0.117. The lowest BCUT2D eigenvalue weighted by atomic mass is 9.31. The van der Waals surface area contributed by atoms with E-state index in [4.69, 9.17) is 9.47 Å². The molecule has 13 aromatic carbocycles. The fraction of sp³-hybridized carbons (Fsp3) is 0.179. The molecule has 1 spiro atoms. The van der Waals surface area contributed by atoms with Crippen LogP contribution in [-0.4, -0.2) is 18.0 Å². The monoisotopic (exact) mass is 1320 g/mol. The smallest absolute Gasteiger partial charge is 0.256 e. The van der Waals surface area contributed by atoms with E-state index >= 15 is 0 Å². The molecule has 102 heavy (non-hydrogen) atoms. The van der Waals surface area contributed by atoms with E-state index in [1.54, 1.807) is 0 Å². The highest BCUT2D eigenvalue weighted by molar-refractivity contribution is 7.02. The van der Waals surface area contributed by atoms with Crippen molar-refractivity contribution in [3.8, 4) is 62.1 Å². The Bertz CT molecular complexity index is 5820. The maximum absolute atomic E-state index is 7.89. The minimum atomic E-state index is -0.581. The largest absolute Gasteiger partial charge is 0.458 e. The van der Waals surface area contributed by atoms with Gasteiger partial charge in [-0.15, -0.1) is 0 Å². The summed E-state index contributed by atoms with van der Waals surface area (Å²) in [5, 5.41) is 2.43. The third-order valence-electron chi connectivity index (χ3n) is 23.4. The number of anilines is 6. The number of para-hydroxylation sites is 4. The molecule has 0 amide bonds. The van der Waals surface area contributed by atoms with Crippen LogP contribution in [0.5, 0.6) is 23.0 Å². The van der Waals surface area contributed by atoms with Gasteiger partial charge in [-0.05, 0) is 199 Å². The summed E-state index contributed by atoms with van der Waals surface area (Å²) in [6, 6.07) is 99.7. The molecule has 5 nitrogen and oxygen atoms in total. The van der Waals surface area contributed by atoms with Crippen LogP contribution < -0.4 is 52.1 Å². The van der Waals surface area contributed by atoms with Crippen LogP contribution in [0, 0.1) is 0 Å². The molecule has 20 rings (SSSR count). The predicted molar refractivity (Wildman–Crippen MR) is 429 cm³/mol. The van der Waals surface area contributed by atoms with Gasteiger partial charge in [0.2, 0.25) is 0 Å². The van der Waals surface area contributed by atoms with Crippen molar-refractivity contribution in [2.24, 2.45) is 0 Å². The van der Waals surface area contributed by atoms with E-state index in [2.05, 4.69) is 358 Å². The number of hydrogen-bond donors (Lipinski definition) is 0. The van der Waals surface area contributed by atoms with Crippen LogP contribution in [0.4, 0.5) is 34.1 Å². The molecule has 4 aliphatic heterocycles. The van der Waals surface area contributed by atoms with Crippen LogP contribution in [0.3, 0.4) is 0 Å². The molecule has 5 heterocycles. The SMILES string of the molecule is CC(C)(C)c1cc(N2c3ccccc3B3c4cc5c(cc4Oc4cc(-c6cccc7c6C6(c8ccccc8-c8ccccc86)c6ccccc6-7)cc2c43)Oc2cc(-n3c4ccccc4c4ccccc43)cc3c2B5c2ccccc2N3c2cc(C(C)(C)C)cc(C(C)(C)C)c2)cc(C(C)(C)C)c1. The number of fused-ring (bicyclic) bond motifs is 21. The fourth-order valence-electron chi connectivity index (χ4n) is 18.5. The van der Waals surface area contributed by atoms with Crippen LogP contribution in [0.15, 0.2) is 261 Å². The van der Waals surface area contributed by atoms with Crippen molar-refractivity contribution in [2.45, 2.75) is 110 Å². The molecule has 6 aliphatic rings. The zero-order chi connectivity index (χ0) is 69.4. The third kappa shape index (κ3) is 8.54. The molecule has 14 aromatic rings. The second kappa shape index (κ2) is 21.1. The van der Waals surface area contributed by atoms with Crippen molar-refractivity contribution < 1.29 is 9.47 Å². The normalized spacial score (nSPS) is 14.6. The Hall–Kier alpha value is -11.0. The van der Waals surface area contributed by atoms with Gasteiger partial charge in [0.1, 0.15) is 23.0 Å². The lowest BCUT2D eigenvalue weighted by molar-refractivity contribution is 0.465. The summed E-state index contributed by atoms with van der Waals surface area (Å²) in [6.07, 6.45) is 0. The fourth-order valence-corrected chi connectivity index (χ4v) is 18.5. The first-order valence-corrected chi connectivity index (χ1v) is 36.5.